The predicted octanol–water partition coefficient (Wildman–Crippen LogP) is 5.46. The van der Waals surface area contributed by atoms with E-state index in [1.165, 1.54) is 58.3 Å². The van der Waals surface area contributed by atoms with Gasteiger partial charge in [0.25, 0.3) is 0 Å². The Hall–Kier alpha value is -0.120. The summed E-state index contributed by atoms with van der Waals surface area (Å²) in [6.07, 6.45) is 6.77. The molecule has 27 heavy (non-hydrogen) atoms. The van der Waals surface area contributed by atoms with Gasteiger partial charge in [-0.25, -0.2) is 0 Å². The van der Waals surface area contributed by atoms with Gasteiger partial charge in [-0.15, -0.1) is 0 Å². The van der Waals surface area contributed by atoms with Gasteiger partial charge in [-0.3, -0.25) is 14.7 Å². The Morgan fingerprint density at radius 3 is 2.00 bits per heavy atom. The maximum absolute atomic E-state index is 2.73. The molecule has 0 aromatic carbocycles. The number of rotatable bonds is 5. The van der Waals surface area contributed by atoms with Crippen LogP contribution in [0.4, 0.5) is 0 Å². The second-order valence-electron chi connectivity index (χ2n) is 12.1. The van der Waals surface area contributed by atoms with Crippen LogP contribution in [0.2, 0.25) is 0 Å². The van der Waals surface area contributed by atoms with Crippen LogP contribution in [0.1, 0.15) is 94.4 Å². The molecule has 160 valence electrons. The van der Waals surface area contributed by atoms with Crippen molar-refractivity contribution in [2.24, 2.45) is 11.3 Å². The van der Waals surface area contributed by atoms with Crippen LogP contribution in [0.25, 0.3) is 0 Å². The van der Waals surface area contributed by atoms with Crippen LogP contribution in [0.15, 0.2) is 0 Å². The summed E-state index contributed by atoms with van der Waals surface area (Å²) in [4.78, 5) is 8.10. The predicted molar refractivity (Wildman–Crippen MR) is 119 cm³/mol. The van der Waals surface area contributed by atoms with Gasteiger partial charge in [0.1, 0.15) is 0 Å². The zero-order chi connectivity index (χ0) is 20.5. The van der Waals surface area contributed by atoms with Crippen LogP contribution in [-0.4, -0.2) is 64.7 Å². The normalized spacial score (nSPS) is 26.3. The smallest absolute Gasteiger partial charge is 0.0513 e. The number of nitrogens with zero attached hydrogens (tertiary/aromatic N) is 3. The van der Waals surface area contributed by atoms with Gasteiger partial charge in [-0.2, -0.15) is 0 Å². The third kappa shape index (κ3) is 6.44. The Morgan fingerprint density at radius 2 is 1.41 bits per heavy atom. The van der Waals surface area contributed by atoms with E-state index in [0.29, 0.717) is 17.0 Å². The van der Waals surface area contributed by atoms with Gasteiger partial charge in [-0.1, -0.05) is 13.8 Å². The Balaban J connectivity index is 1.88. The molecule has 2 saturated heterocycles. The first-order chi connectivity index (χ1) is 12.3. The van der Waals surface area contributed by atoms with Crippen LogP contribution in [0, 0.1) is 11.3 Å². The van der Waals surface area contributed by atoms with E-state index in [4.69, 9.17) is 0 Å². The molecule has 2 unspecified atom stereocenters. The number of hydrogen-bond acceptors (Lipinski definition) is 3. The molecular formula is C24H49N3. The third-order valence-corrected chi connectivity index (χ3v) is 7.48. The molecule has 0 N–H and O–H groups in total. The summed E-state index contributed by atoms with van der Waals surface area (Å²) < 4.78 is 0. The fourth-order valence-corrected chi connectivity index (χ4v) is 4.92. The molecule has 0 bridgehead atoms. The third-order valence-electron chi connectivity index (χ3n) is 7.48. The van der Waals surface area contributed by atoms with Gasteiger partial charge in [0, 0.05) is 36.8 Å². The van der Waals surface area contributed by atoms with E-state index in [1.54, 1.807) is 0 Å². The summed E-state index contributed by atoms with van der Waals surface area (Å²) in [7, 11) is 0. The Bertz CT molecular complexity index is 457. The molecule has 0 aromatic heterocycles. The Labute approximate surface area is 170 Å². The molecular weight excluding hydrogens is 330 g/mol. The van der Waals surface area contributed by atoms with Gasteiger partial charge in [0.15, 0.2) is 0 Å². The molecule has 0 saturated carbocycles. The maximum atomic E-state index is 2.73. The van der Waals surface area contributed by atoms with Crippen LogP contribution >= 0.6 is 0 Å². The molecule has 2 rings (SSSR count). The lowest BCUT2D eigenvalue weighted by molar-refractivity contribution is -0.00688. The SMILES string of the molecule is CC(CCC(C)(C)C1CCCN(C(C)(C)C)C1)N1CCCN(C(C)(C)C)C1. The number of piperidine rings is 1. The van der Waals surface area contributed by atoms with Crippen molar-refractivity contribution in [3.8, 4) is 0 Å². The second kappa shape index (κ2) is 8.71. The van der Waals surface area contributed by atoms with Crippen molar-refractivity contribution in [3.63, 3.8) is 0 Å². The average molecular weight is 380 g/mol. The van der Waals surface area contributed by atoms with E-state index < -0.39 is 0 Å². The zero-order valence-corrected chi connectivity index (χ0v) is 20.1. The van der Waals surface area contributed by atoms with Crippen molar-refractivity contribution < 1.29 is 0 Å². The van der Waals surface area contributed by atoms with Gasteiger partial charge in [0.05, 0.1) is 6.67 Å². The minimum atomic E-state index is 0.288. The zero-order valence-electron chi connectivity index (χ0n) is 20.1. The standard InChI is InChI=1S/C24H49N3/c1-20(25-15-11-17-27(19-25)23(5,6)7)13-14-24(8,9)21-12-10-16-26(18-21)22(2,3)4/h20-21H,10-19H2,1-9H3. The van der Waals surface area contributed by atoms with E-state index in [-0.39, 0.29) is 5.54 Å². The van der Waals surface area contributed by atoms with Gasteiger partial charge in [0.2, 0.25) is 0 Å². The fraction of sp³-hybridized carbons (Fsp3) is 1.00. The van der Waals surface area contributed by atoms with Crippen molar-refractivity contribution in [2.45, 2.75) is 112 Å². The van der Waals surface area contributed by atoms with Crippen LogP contribution in [-0.2, 0) is 0 Å². The topological polar surface area (TPSA) is 9.72 Å². The molecule has 0 aromatic rings. The van der Waals surface area contributed by atoms with Crippen molar-refractivity contribution in [1.29, 1.82) is 0 Å². The van der Waals surface area contributed by atoms with E-state index in [0.717, 1.165) is 12.6 Å². The fourth-order valence-electron chi connectivity index (χ4n) is 4.92. The van der Waals surface area contributed by atoms with Gasteiger partial charge in [-0.05, 0) is 98.4 Å². The first kappa shape index (κ1) is 23.2. The molecule has 3 nitrogen and oxygen atoms in total. The second-order valence-corrected chi connectivity index (χ2v) is 12.1. The molecule has 2 aliphatic heterocycles. The number of likely N-dealkylation sites (tertiary alicyclic amines) is 1. The highest BCUT2D eigenvalue weighted by atomic mass is 15.4. The summed E-state index contributed by atoms with van der Waals surface area (Å²) >= 11 is 0. The molecule has 0 spiro atoms. The van der Waals surface area contributed by atoms with E-state index in [1.807, 2.05) is 0 Å². The van der Waals surface area contributed by atoms with Crippen LogP contribution in [0.3, 0.4) is 0 Å². The maximum Gasteiger partial charge on any atom is 0.0513 e. The van der Waals surface area contributed by atoms with Crippen LogP contribution in [0.5, 0.6) is 0 Å². The largest absolute Gasteiger partial charge is 0.298 e. The van der Waals surface area contributed by atoms with Crippen molar-refractivity contribution in [3.05, 3.63) is 0 Å². The molecule has 2 heterocycles. The minimum Gasteiger partial charge on any atom is -0.298 e. The average Bonchev–Trinajstić information content (AvgIpc) is 2.58. The van der Waals surface area contributed by atoms with E-state index >= 15 is 0 Å². The lowest BCUT2D eigenvalue weighted by atomic mass is 9.71. The lowest BCUT2D eigenvalue weighted by Gasteiger charge is -2.48. The first-order valence-electron chi connectivity index (χ1n) is 11.5. The monoisotopic (exact) mass is 379 g/mol. The van der Waals surface area contributed by atoms with Gasteiger partial charge < -0.3 is 0 Å². The Kier molecular flexibility index (Phi) is 7.47. The lowest BCUT2D eigenvalue weighted by Crippen LogP contribution is -2.55. The summed E-state index contributed by atoms with van der Waals surface area (Å²) in [5.41, 5.74) is 1.04. The molecule has 0 aliphatic carbocycles. The van der Waals surface area contributed by atoms with E-state index in [2.05, 4.69) is 77.0 Å². The summed E-state index contributed by atoms with van der Waals surface area (Å²) in [5.74, 6) is 0.838. The highest BCUT2D eigenvalue weighted by Crippen LogP contribution is 2.40. The highest BCUT2D eigenvalue weighted by Gasteiger charge is 2.37. The minimum absolute atomic E-state index is 0.288. The van der Waals surface area contributed by atoms with Crippen LogP contribution < -0.4 is 0 Å². The highest BCUT2D eigenvalue weighted by molar-refractivity contribution is 4.90. The quantitative estimate of drug-likeness (QED) is 0.628. The summed E-state index contributed by atoms with van der Waals surface area (Å²) in [6.45, 7) is 28.0. The molecule has 2 fully saturated rings. The molecule has 3 heteroatoms. The summed E-state index contributed by atoms with van der Waals surface area (Å²) in [5, 5.41) is 0. The molecule has 0 amide bonds. The first-order valence-corrected chi connectivity index (χ1v) is 11.5. The van der Waals surface area contributed by atoms with Crippen molar-refractivity contribution in [2.75, 3.05) is 32.8 Å². The summed E-state index contributed by atoms with van der Waals surface area (Å²) in [6, 6.07) is 0.691. The molecule has 0 radical (unpaired) electrons. The van der Waals surface area contributed by atoms with Crippen molar-refractivity contribution in [1.82, 2.24) is 14.7 Å². The molecule has 2 atom stereocenters. The number of hydrogen-bond donors (Lipinski definition) is 0. The molecule has 2 aliphatic rings. The van der Waals surface area contributed by atoms with E-state index in [9.17, 15) is 0 Å². The van der Waals surface area contributed by atoms with Gasteiger partial charge >= 0.3 is 0 Å². The van der Waals surface area contributed by atoms with Crippen molar-refractivity contribution >= 4 is 0 Å². The Morgan fingerprint density at radius 1 is 0.815 bits per heavy atom.